The van der Waals surface area contributed by atoms with Gasteiger partial charge in [0.05, 0.1) is 33.0 Å². The molecule has 0 heterocycles. The summed E-state index contributed by atoms with van der Waals surface area (Å²) in [4.78, 5) is 94.2. The Hall–Kier alpha value is -9.63. The van der Waals surface area contributed by atoms with Crippen LogP contribution in [0, 0.1) is 0 Å². The van der Waals surface area contributed by atoms with E-state index in [2.05, 4.69) is 320 Å². The van der Waals surface area contributed by atoms with Gasteiger partial charge in [-0.25, -0.2) is 0 Å². The number of ketones is 3. The Bertz CT molecular complexity index is 3140. The van der Waals surface area contributed by atoms with E-state index in [1.54, 1.807) is 6.92 Å². The molecule has 0 aromatic heterocycles. The topological polar surface area (TPSA) is 209 Å². The van der Waals surface area contributed by atoms with E-state index in [1.165, 1.54) is 77.0 Å². The molecule has 0 aliphatic rings. The Morgan fingerprint density at radius 2 is 0.389 bits per heavy atom. The zero-order valence-corrected chi connectivity index (χ0v) is 83.2. The average molecular weight is 1820 g/mol. The predicted octanol–water partition coefficient (Wildman–Crippen LogP) is 32.1. The monoisotopic (exact) mass is 1820 g/mol. The average Bonchev–Trinajstić information content (AvgIpc) is 1.02. The second-order valence-corrected chi connectivity index (χ2v) is 30.8. The van der Waals surface area contributed by atoms with Gasteiger partial charge >= 0.3 is 0 Å². The number of carbonyl (C=O) groups is 9. The lowest BCUT2D eigenvalue weighted by molar-refractivity contribution is -0.135. The van der Waals surface area contributed by atoms with Crippen molar-refractivity contribution < 1.29 is 71.6 Å². The SMILES string of the molecule is CC/C=C\C/C=C\C/C=C\C/C=C\C/C=C\CCCOC=O.CC/C=C\C/C=C\C/C=C\C/C=C\CCCCC(=O)CCOC=O.CC/C=C\C/C=C\C/C=C\CCCCCOC=O.CC/C=C\C/C=C\C/C=C\CCCOC=O.CCCCC/C=C\C/C=C\C/C=C\C/C=C\CCCC(=O)C[C@@H](C)OC=O.CCCCC/C=C\C/C=C\CCCCCCCC(=O)CCOC=O. The Kier molecular flexibility index (Phi) is 135. The second kappa shape index (κ2) is 133. The lowest BCUT2D eigenvalue weighted by Crippen LogP contribution is -2.13. The number of Topliss-reactive ketones (excluding diaryl/α,β-unsaturated/α-hetero) is 3. The van der Waals surface area contributed by atoms with Crippen molar-refractivity contribution in [3.8, 4) is 0 Å². The maximum Gasteiger partial charge on any atom is 0.293 e. The number of hydrogen-bond acceptors (Lipinski definition) is 15. The molecule has 0 saturated carbocycles. The van der Waals surface area contributed by atoms with Crippen LogP contribution in [0.3, 0.4) is 0 Å². The van der Waals surface area contributed by atoms with E-state index in [-0.39, 0.29) is 36.7 Å². The van der Waals surface area contributed by atoms with E-state index in [9.17, 15) is 43.2 Å². The highest BCUT2D eigenvalue weighted by Crippen LogP contribution is 2.13. The van der Waals surface area contributed by atoms with Gasteiger partial charge in [0, 0.05) is 38.5 Å². The highest BCUT2D eigenvalue weighted by atomic mass is 16.5. The van der Waals surface area contributed by atoms with Gasteiger partial charge < -0.3 is 28.4 Å². The van der Waals surface area contributed by atoms with Crippen molar-refractivity contribution >= 4 is 56.2 Å². The molecule has 0 aromatic carbocycles. The van der Waals surface area contributed by atoms with E-state index in [0.717, 1.165) is 218 Å². The van der Waals surface area contributed by atoms with Crippen LogP contribution in [-0.2, 0) is 71.6 Å². The molecule has 0 spiro atoms. The molecule has 1 atom stereocenters. The maximum atomic E-state index is 11.6. The molecule has 0 amide bonds. The Labute approximate surface area is 799 Å². The van der Waals surface area contributed by atoms with Crippen LogP contribution >= 0.6 is 0 Å². The number of carbonyl (C=O) groups excluding carboxylic acids is 9. The van der Waals surface area contributed by atoms with E-state index in [0.29, 0.717) is 97.2 Å². The smallest absolute Gasteiger partial charge is 0.293 e. The zero-order chi connectivity index (χ0) is 96.8. The zero-order valence-electron chi connectivity index (χ0n) is 83.2. The number of rotatable bonds is 88. The summed E-state index contributed by atoms with van der Waals surface area (Å²) >= 11 is 0. The summed E-state index contributed by atoms with van der Waals surface area (Å²) in [7, 11) is 0. The highest BCUT2D eigenvalue weighted by molar-refractivity contribution is 5.79. The van der Waals surface area contributed by atoms with Gasteiger partial charge in [0.25, 0.3) is 38.8 Å². The summed E-state index contributed by atoms with van der Waals surface area (Å²) in [5, 5.41) is 0. The minimum Gasteiger partial charge on any atom is -0.468 e. The van der Waals surface area contributed by atoms with Gasteiger partial charge in [-0.1, -0.05) is 342 Å². The van der Waals surface area contributed by atoms with Crippen LogP contribution in [0.4, 0.5) is 0 Å². The van der Waals surface area contributed by atoms with E-state index < -0.39 is 0 Å². The summed E-state index contributed by atoms with van der Waals surface area (Å²) in [6.07, 6.45) is 144. The van der Waals surface area contributed by atoms with Gasteiger partial charge in [0.15, 0.2) is 0 Å². The first-order chi connectivity index (χ1) is 64.6. The second-order valence-electron chi connectivity index (χ2n) is 30.8. The quantitative estimate of drug-likeness (QED) is 0.0240. The minimum absolute atomic E-state index is 0.153. The lowest BCUT2D eigenvalue weighted by atomic mass is 10.1. The Morgan fingerprint density at radius 1 is 0.191 bits per heavy atom. The molecule has 0 fully saturated rings. The van der Waals surface area contributed by atoms with Gasteiger partial charge in [-0.2, -0.15) is 0 Å². The van der Waals surface area contributed by atoms with Crippen LogP contribution in [0.1, 0.15) is 382 Å². The van der Waals surface area contributed by atoms with Gasteiger partial charge in [-0.05, 0) is 257 Å². The molecular formula is C116H184O15. The molecule has 0 radical (unpaired) electrons. The maximum absolute atomic E-state index is 11.6. The van der Waals surface area contributed by atoms with Crippen molar-refractivity contribution in [2.75, 3.05) is 33.0 Å². The molecule has 0 bridgehead atoms. The Morgan fingerprint density at radius 3 is 0.656 bits per heavy atom. The van der Waals surface area contributed by atoms with Crippen LogP contribution < -0.4 is 0 Å². The Balaban J connectivity index is -0.000000360. The molecule has 0 aliphatic carbocycles. The molecule has 0 rings (SSSR count). The third-order valence-corrected chi connectivity index (χ3v) is 18.7. The molecule has 0 unspecified atom stereocenters. The molecule has 15 nitrogen and oxygen atoms in total. The molecule has 131 heavy (non-hydrogen) atoms. The molecular weight excluding hydrogens is 1630 g/mol. The third-order valence-electron chi connectivity index (χ3n) is 18.7. The van der Waals surface area contributed by atoms with Gasteiger partial charge in [0.1, 0.15) is 23.5 Å². The molecule has 15 heteroatoms. The predicted molar refractivity (Wildman–Crippen MR) is 558 cm³/mol. The number of hydrogen-bond donors (Lipinski definition) is 0. The fraction of sp³-hybridized carbons (Fsp3) is 0.560. The summed E-state index contributed by atoms with van der Waals surface area (Å²) in [6.45, 7) is 19.5. The van der Waals surface area contributed by atoms with E-state index in [1.807, 2.05) is 0 Å². The first-order valence-corrected chi connectivity index (χ1v) is 50.1. The number of unbranched alkanes of at least 4 members (excludes halogenated alkanes) is 19. The molecule has 0 aromatic rings. The van der Waals surface area contributed by atoms with Crippen LogP contribution in [0.2, 0.25) is 0 Å². The van der Waals surface area contributed by atoms with Crippen LogP contribution in [0.25, 0.3) is 0 Å². The fourth-order valence-corrected chi connectivity index (χ4v) is 11.4. The standard InChI is InChI=1S/C24H38O3.C21H36O3.C21H32O3.C20H30O2.C16H26O2.C14H22O2/c1-3-4-5-6-7-8-9-10-11-12-13-14-15-16-17-18-19-20-24(26)21-23(2)27-22-25;2*1-2-3-4-5-6-7-8-9-10-11-12-13-14-15-16-17-21(23)18-19-24-20-22;1-2-3-4-5-6-7-8-9-10-11-12-13-14-15-16-17-18-19-22-20-21;1-2-3-4-5-6-7-8-9-10-11-12-13-14-15-18-16-17;1-2-3-4-5-6-7-8-9-10-11-12-13-16-14-15/h7-8,10-11,13-14,16-17,22-23H,3-6,9,12,15,18-21H2,1-2H3;6-7,9-10,20H,2-5,8,11-19H2,1H3;3-4,6-7,9-10,12-13,20H,2,5,8,11,14-19H2,1H3;3-4,6-7,9-10,12-13,15-16,20H,2,5,8,11,14,17-19H2,1H3;3-4,6-7,9-10,16H,2,5,8,11-15H2,1H3;3-4,6-7,9-10,14H,2,5,8,11-13H2,1H3/b8-7-,11-10-,14-13-,17-16-;7-6-,10-9-;4-3-,7-6-,10-9-,13-12-;4-3-,7-6-,10-9-,13-12-,16-15-;2*4-3-,7-6-,10-9-/t23-;;;;;/m1...../s1. The summed E-state index contributed by atoms with van der Waals surface area (Å²) in [5.41, 5.74) is 0. The van der Waals surface area contributed by atoms with Crippen LogP contribution in [0.5, 0.6) is 0 Å². The largest absolute Gasteiger partial charge is 0.468 e. The van der Waals surface area contributed by atoms with Gasteiger partial charge in [0.2, 0.25) is 0 Å². The highest BCUT2D eigenvalue weighted by Gasteiger charge is 2.09. The third kappa shape index (κ3) is 146. The van der Waals surface area contributed by atoms with E-state index in [4.69, 9.17) is 4.74 Å². The molecule has 0 aliphatic heterocycles. The van der Waals surface area contributed by atoms with E-state index >= 15 is 0 Å². The molecule has 0 N–H and O–H groups in total. The molecule has 738 valence electrons. The first kappa shape index (κ1) is 132. The number of allylic oxidation sites excluding steroid dienone is 42. The normalized spacial score (nSPS) is 12.2. The summed E-state index contributed by atoms with van der Waals surface area (Å²) in [6, 6.07) is 0. The van der Waals surface area contributed by atoms with Crippen LogP contribution in [0.15, 0.2) is 255 Å². The van der Waals surface area contributed by atoms with Crippen molar-refractivity contribution in [1.29, 1.82) is 0 Å². The number of ether oxygens (including phenoxy) is 6. The lowest BCUT2D eigenvalue weighted by Gasteiger charge is -2.07. The van der Waals surface area contributed by atoms with Crippen molar-refractivity contribution in [1.82, 2.24) is 0 Å². The summed E-state index contributed by atoms with van der Waals surface area (Å²) < 4.78 is 27.6. The van der Waals surface area contributed by atoms with Crippen molar-refractivity contribution in [3.05, 3.63) is 255 Å². The molecule has 0 saturated heterocycles. The van der Waals surface area contributed by atoms with Gasteiger partial charge in [-0.3, -0.25) is 43.2 Å². The van der Waals surface area contributed by atoms with Crippen molar-refractivity contribution in [2.24, 2.45) is 0 Å². The van der Waals surface area contributed by atoms with Crippen molar-refractivity contribution in [3.63, 3.8) is 0 Å². The summed E-state index contributed by atoms with van der Waals surface area (Å²) in [5.74, 6) is 0.518. The van der Waals surface area contributed by atoms with Gasteiger partial charge in [-0.15, -0.1) is 0 Å². The fourth-order valence-electron chi connectivity index (χ4n) is 11.4. The first-order valence-electron chi connectivity index (χ1n) is 50.1. The minimum atomic E-state index is -0.313. The van der Waals surface area contributed by atoms with Crippen LogP contribution in [-0.4, -0.2) is 95.3 Å². The van der Waals surface area contributed by atoms with Crippen molar-refractivity contribution in [2.45, 2.75) is 388 Å².